The average Bonchev–Trinajstić information content (AvgIpc) is 2.74. The van der Waals surface area contributed by atoms with E-state index in [4.69, 9.17) is 0 Å². The molecule has 0 fully saturated rings. The van der Waals surface area contributed by atoms with E-state index in [9.17, 15) is 0 Å². The first-order valence-corrected chi connectivity index (χ1v) is 9.68. The van der Waals surface area contributed by atoms with Crippen molar-refractivity contribution in [2.45, 2.75) is 6.92 Å². The first-order chi connectivity index (χ1) is 13.8. The molecule has 1 aliphatic rings. The molecule has 4 aromatic rings. The number of rotatable bonds is 3. The van der Waals surface area contributed by atoms with Gasteiger partial charge in [0.2, 0.25) is 0 Å². The van der Waals surface area contributed by atoms with Gasteiger partial charge in [-0.1, -0.05) is 84.8 Å². The quantitative estimate of drug-likeness (QED) is 0.429. The summed E-state index contributed by atoms with van der Waals surface area (Å²) in [7, 11) is 0. The van der Waals surface area contributed by atoms with Crippen LogP contribution in [0.2, 0.25) is 0 Å². The van der Waals surface area contributed by atoms with E-state index in [1.54, 1.807) is 0 Å². The Bertz CT molecular complexity index is 1140. The highest BCUT2D eigenvalue weighted by Crippen LogP contribution is 2.35. The Hall–Kier alpha value is -3.46. The molecule has 0 atom stereocenters. The van der Waals surface area contributed by atoms with E-state index >= 15 is 0 Å². The Morgan fingerprint density at radius 2 is 1.36 bits per heavy atom. The molecule has 0 saturated carbocycles. The summed E-state index contributed by atoms with van der Waals surface area (Å²) >= 11 is 0. The van der Waals surface area contributed by atoms with Crippen LogP contribution in [0.3, 0.4) is 0 Å². The van der Waals surface area contributed by atoms with Crippen LogP contribution in [0.5, 0.6) is 0 Å². The maximum absolute atomic E-state index is 3.66. The SMILES string of the molecule is Cc1ccccc1/C(=C/B1Nc2cccc3cccc(c23)N1)c1ccccc1. The minimum Gasteiger partial charge on any atom is -0.405 e. The van der Waals surface area contributed by atoms with Crippen LogP contribution >= 0.6 is 0 Å². The molecule has 3 heteroatoms. The third kappa shape index (κ3) is 2.95. The highest BCUT2D eigenvalue weighted by Gasteiger charge is 2.23. The van der Waals surface area contributed by atoms with E-state index in [0.717, 1.165) is 0 Å². The minimum atomic E-state index is 0.00955. The van der Waals surface area contributed by atoms with Gasteiger partial charge < -0.3 is 10.5 Å². The van der Waals surface area contributed by atoms with Crippen LogP contribution in [0.1, 0.15) is 16.7 Å². The van der Waals surface area contributed by atoms with Gasteiger partial charge in [0, 0.05) is 16.8 Å². The van der Waals surface area contributed by atoms with Crippen LogP contribution in [0.4, 0.5) is 11.4 Å². The molecule has 0 radical (unpaired) electrons. The molecule has 0 bridgehead atoms. The predicted molar refractivity (Wildman–Crippen MR) is 122 cm³/mol. The Kier molecular flexibility index (Phi) is 4.14. The van der Waals surface area contributed by atoms with E-state index < -0.39 is 0 Å². The Morgan fingerprint density at radius 3 is 2.04 bits per heavy atom. The summed E-state index contributed by atoms with van der Waals surface area (Å²) in [4.78, 5) is 0. The molecule has 4 aromatic carbocycles. The number of hydrogen-bond acceptors (Lipinski definition) is 2. The van der Waals surface area contributed by atoms with Crippen molar-refractivity contribution < 1.29 is 0 Å². The molecule has 5 rings (SSSR count). The van der Waals surface area contributed by atoms with Crippen molar-refractivity contribution in [1.82, 2.24) is 0 Å². The number of nitrogens with one attached hydrogen (secondary N) is 2. The van der Waals surface area contributed by atoms with Gasteiger partial charge in [-0.3, -0.25) is 0 Å². The minimum absolute atomic E-state index is 0.00955. The topological polar surface area (TPSA) is 24.1 Å². The maximum atomic E-state index is 3.66. The van der Waals surface area contributed by atoms with Gasteiger partial charge in [-0.15, -0.1) is 0 Å². The van der Waals surface area contributed by atoms with Gasteiger partial charge in [-0.2, -0.15) is 0 Å². The second-order valence-electron chi connectivity index (χ2n) is 7.24. The van der Waals surface area contributed by atoms with Crippen LogP contribution in [0.25, 0.3) is 16.3 Å². The summed E-state index contributed by atoms with van der Waals surface area (Å²) in [5.74, 6) is 2.30. The lowest BCUT2D eigenvalue weighted by atomic mass is 9.70. The lowest BCUT2D eigenvalue weighted by Gasteiger charge is -2.26. The summed E-state index contributed by atoms with van der Waals surface area (Å²) < 4.78 is 0. The molecule has 0 saturated heterocycles. The molecule has 2 nitrogen and oxygen atoms in total. The van der Waals surface area contributed by atoms with Crippen molar-refractivity contribution in [3.63, 3.8) is 0 Å². The van der Waals surface area contributed by atoms with Gasteiger partial charge in [0.1, 0.15) is 0 Å². The number of aryl methyl sites for hydroxylation is 1. The van der Waals surface area contributed by atoms with E-state index in [-0.39, 0.29) is 6.98 Å². The Labute approximate surface area is 166 Å². The zero-order valence-electron chi connectivity index (χ0n) is 15.8. The van der Waals surface area contributed by atoms with Crippen LogP contribution in [-0.4, -0.2) is 6.98 Å². The zero-order chi connectivity index (χ0) is 18.9. The molecule has 134 valence electrons. The lowest BCUT2D eigenvalue weighted by Crippen LogP contribution is -2.36. The van der Waals surface area contributed by atoms with Gasteiger partial charge in [0.15, 0.2) is 0 Å². The molecular formula is C25H21BN2. The van der Waals surface area contributed by atoms with Crippen LogP contribution < -0.4 is 10.5 Å². The molecule has 0 aliphatic carbocycles. The predicted octanol–water partition coefficient (Wildman–Crippen LogP) is 6.14. The van der Waals surface area contributed by atoms with Gasteiger partial charge >= 0.3 is 6.98 Å². The summed E-state index contributed by atoms with van der Waals surface area (Å²) in [5.41, 5.74) is 7.33. The standard InChI is InChI=1S/C25H21BN2/c1-18-9-5-6-14-21(18)22(19-10-3-2-4-11-19)17-26-27-23-15-7-12-20-13-8-16-24(28-26)25(20)23/h2-17,27-28H,1H3/b22-17+. The highest BCUT2D eigenvalue weighted by molar-refractivity contribution is 6.73. The van der Waals surface area contributed by atoms with Crippen molar-refractivity contribution in [3.05, 3.63) is 114 Å². The molecule has 0 amide bonds. The van der Waals surface area contributed by atoms with Crippen molar-refractivity contribution in [3.8, 4) is 0 Å². The molecule has 0 aromatic heterocycles. The third-order valence-corrected chi connectivity index (χ3v) is 5.38. The Morgan fingerprint density at radius 1 is 0.714 bits per heavy atom. The third-order valence-electron chi connectivity index (χ3n) is 5.38. The largest absolute Gasteiger partial charge is 0.405 e. The zero-order valence-corrected chi connectivity index (χ0v) is 15.8. The Balaban J connectivity index is 1.62. The van der Waals surface area contributed by atoms with Crippen molar-refractivity contribution in [2.75, 3.05) is 10.5 Å². The molecule has 0 spiro atoms. The highest BCUT2D eigenvalue weighted by atomic mass is 15.0. The smallest absolute Gasteiger partial charge is 0.399 e. The van der Waals surface area contributed by atoms with E-state index in [2.05, 4.69) is 114 Å². The van der Waals surface area contributed by atoms with E-state index in [1.807, 2.05) is 0 Å². The van der Waals surface area contributed by atoms with Crippen molar-refractivity contribution in [1.29, 1.82) is 0 Å². The van der Waals surface area contributed by atoms with Gasteiger partial charge in [-0.05, 0) is 46.7 Å². The molecule has 2 N–H and O–H groups in total. The summed E-state index contributed by atoms with van der Waals surface area (Å²) in [6.45, 7) is 2.18. The van der Waals surface area contributed by atoms with Gasteiger partial charge in [-0.25, -0.2) is 0 Å². The number of benzene rings is 4. The lowest BCUT2D eigenvalue weighted by molar-refractivity contribution is 1.41. The summed E-state index contributed by atoms with van der Waals surface area (Å²) in [6.07, 6.45) is 0. The molecule has 0 unspecified atom stereocenters. The monoisotopic (exact) mass is 360 g/mol. The first kappa shape index (κ1) is 16.7. The second kappa shape index (κ2) is 6.93. The normalized spacial score (nSPS) is 13.2. The van der Waals surface area contributed by atoms with Gasteiger partial charge in [0.25, 0.3) is 0 Å². The van der Waals surface area contributed by atoms with Crippen molar-refractivity contribution >= 4 is 34.7 Å². The number of hydrogen-bond donors (Lipinski definition) is 2. The fourth-order valence-corrected chi connectivity index (χ4v) is 4.04. The van der Waals surface area contributed by atoms with Crippen LogP contribution in [0, 0.1) is 6.92 Å². The fraction of sp³-hybridized carbons (Fsp3) is 0.0400. The van der Waals surface area contributed by atoms with Crippen LogP contribution in [0.15, 0.2) is 97.0 Å². The van der Waals surface area contributed by atoms with E-state index in [1.165, 1.54) is 44.4 Å². The molecule has 28 heavy (non-hydrogen) atoms. The second-order valence-corrected chi connectivity index (χ2v) is 7.24. The molecule has 1 heterocycles. The van der Waals surface area contributed by atoms with E-state index in [0.29, 0.717) is 0 Å². The fourth-order valence-electron chi connectivity index (χ4n) is 4.04. The average molecular weight is 360 g/mol. The summed E-state index contributed by atoms with van der Waals surface area (Å²) in [5, 5.41) is 9.83. The summed E-state index contributed by atoms with van der Waals surface area (Å²) in [6, 6.07) is 32.0. The molecular weight excluding hydrogens is 339 g/mol. The van der Waals surface area contributed by atoms with Crippen molar-refractivity contribution in [2.24, 2.45) is 0 Å². The van der Waals surface area contributed by atoms with Gasteiger partial charge in [0.05, 0.1) is 0 Å². The number of anilines is 2. The maximum Gasteiger partial charge on any atom is 0.399 e. The first-order valence-electron chi connectivity index (χ1n) is 9.68. The molecule has 1 aliphatic heterocycles. The van der Waals surface area contributed by atoms with Crippen LogP contribution in [-0.2, 0) is 0 Å².